The molecular formula is C21H30N2O2S. The van der Waals surface area contributed by atoms with Crippen LogP contribution >= 0.6 is 11.8 Å². The first-order chi connectivity index (χ1) is 12.6. The molecule has 5 aliphatic rings. The number of carbonyl (C=O) groups excluding carboxylic acids is 1. The van der Waals surface area contributed by atoms with Crippen LogP contribution in [0.15, 0.2) is 9.42 Å². The first kappa shape index (κ1) is 17.2. The molecule has 142 valence electrons. The third-order valence-corrected chi connectivity index (χ3v) is 8.79. The Labute approximate surface area is 160 Å². The van der Waals surface area contributed by atoms with Crippen molar-refractivity contribution in [2.45, 2.75) is 93.2 Å². The normalized spacial score (nSPS) is 36.4. The minimum atomic E-state index is -0.0224. The molecule has 0 spiro atoms. The van der Waals surface area contributed by atoms with Gasteiger partial charge in [0.15, 0.2) is 0 Å². The van der Waals surface area contributed by atoms with Gasteiger partial charge in [-0.1, -0.05) is 24.4 Å². The average molecular weight is 375 g/mol. The second kappa shape index (κ2) is 6.57. The summed E-state index contributed by atoms with van der Waals surface area (Å²) in [7, 11) is 0. The van der Waals surface area contributed by atoms with Gasteiger partial charge in [-0.2, -0.15) is 0 Å². The van der Waals surface area contributed by atoms with E-state index in [9.17, 15) is 4.79 Å². The molecule has 0 saturated heterocycles. The molecule has 5 heteroatoms. The Morgan fingerprint density at radius 1 is 1.08 bits per heavy atom. The minimum Gasteiger partial charge on any atom is -0.350 e. The van der Waals surface area contributed by atoms with E-state index < -0.39 is 0 Å². The molecule has 0 unspecified atom stereocenters. The maximum Gasteiger partial charge on any atom is 0.291 e. The van der Waals surface area contributed by atoms with Crippen LogP contribution in [0.5, 0.6) is 0 Å². The van der Waals surface area contributed by atoms with Gasteiger partial charge >= 0.3 is 0 Å². The Morgan fingerprint density at radius 3 is 2.31 bits per heavy atom. The molecule has 1 amide bonds. The van der Waals surface area contributed by atoms with E-state index in [-0.39, 0.29) is 11.4 Å². The molecular weight excluding hydrogens is 344 g/mol. The van der Waals surface area contributed by atoms with E-state index >= 15 is 0 Å². The monoisotopic (exact) mass is 374 g/mol. The Bertz CT molecular complexity index is 657. The van der Waals surface area contributed by atoms with Crippen LogP contribution in [0, 0.1) is 24.7 Å². The van der Waals surface area contributed by atoms with Crippen molar-refractivity contribution in [2.24, 2.45) is 17.8 Å². The van der Waals surface area contributed by atoms with Gasteiger partial charge in [-0.3, -0.25) is 4.79 Å². The third-order valence-electron chi connectivity index (χ3n) is 7.27. The van der Waals surface area contributed by atoms with E-state index in [4.69, 9.17) is 4.52 Å². The van der Waals surface area contributed by atoms with E-state index in [2.05, 4.69) is 10.5 Å². The Hall–Kier alpha value is -0.970. The predicted molar refractivity (Wildman–Crippen MR) is 102 cm³/mol. The van der Waals surface area contributed by atoms with Crippen LogP contribution in [0.3, 0.4) is 0 Å². The molecule has 5 aliphatic carbocycles. The number of hydrogen-bond acceptors (Lipinski definition) is 4. The number of carbonyl (C=O) groups is 1. The number of nitrogens with one attached hydrogen (secondary N) is 1. The van der Waals surface area contributed by atoms with Crippen molar-refractivity contribution < 1.29 is 9.32 Å². The lowest BCUT2D eigenvalue weighted by molar-refractivity contribution is -0.0173. The first-order valence-corrected chi connectivity index (χ1v) is 11.4. The zero-order valence-corrected chi connectivity index (χ0v) is 16.6. The molecule has 0 aliphatic heterocycles. The fraction of sp³-hybridized carbons (Fsp3) is 0.810. The summed E-state index contributed by atoms with van der Waals surface area (Å²) in [6.07, 6.45) is 14.1. The smallest absolute Gasteiger partial charge is 0.291 e. The van der Waals surface area contributed by atoms with Crippen LogP contribution in [0.2, 0.25) is 0 Å². The van der Waals surface area contributed by atoms with Gasteiger partial charge in [-0.05, 0) is 76.0 Å². The molecule has 5 saturated carbocycles. The van der Waals surface area contributed by atoms with Gasteiger partial charge in [-0.15, -0.1) is 11.8 Å². The van der Waals surface area contributed by atoms with Gasteiger partial charge in [0.2, 0.25) is 5.76 Å². The van der Waals surface area contributed by atoms with Crippen molar-refractivity contribution >= 4 is 17.7 Å². The van der Waals surface area contributed by atoms with Crippen LogP contribution < -0.4 is 5.32 Å². The van der Waals surface area contributed by atoms with Crippen molar-refractivity contribution in [3.8, 4) is 0 Å². The van der Waals surface area contributed by atoms with E-state index in [1.807, 2.05) is 18.7 Å². The zero-order chi connectivity index (χ0) is 17.7. The average Bonchev–Trinajstić information content (AvgIpc) is 2.95. The summed E-state index contributed by atoms with van der Waals surface area (Å²) in [5, 5.41) is 8.19. The highest BCUT2D eigenvalue weighted by Gasteiger charge is 2.52. The second-order valence-electron chi connectivity index (χ2n) is 9.46. The van der Waals surface area contributed by atoms with Crippen LogP contribution in [0.25, 0.3) is 0 Å². The maximum absolute atomic E-state index is 13.1. The maximum atomic E-state index is 13.1. The Morgan fingerprint density at radius 2 is 1.69 bits per heavy atom. The van der Waals surface area contributed by atoms with Gasteiger partial charge in [0, 0.05) is 10.8 Å². The molecule has 4 nitrogen and oxygen atoms in total. The highest BCUT2D eigenvalue weighted by molar-refractivity contribution is 8.00. The molecule has 0 radical (unpaired) electrons. The first-order valence-electron chi connectivity index (χ1n) is 10.6. The third kappa shape index (κ3) is 3.10. The van der Waals surface area contributed by atoms with Crippen LogP contribution in [0.1, 0.15) is 86.9 Å². The molecule has 5 fully saturated rings. The number of aromatic nitrogens is 1. The molecule has 4 bridgehead atoms. The van der Waals surface area contributed by atoms with Gasteiger partial charge < -0.3 is 9.84 Å². The molecule has 1 aromatic heterocycles. The number of amides is 1. The zero-order valence-electron chi connectivity index (χ0n) is 15.8. The lowest BCUT2D eigenvalue weighted by atomic mass is 9.53. The second-order valence-corrected chi connectivity index (χ2v) is 10.8. The van der Waals surface area contributed by atoms with Crippen LogP contribution in [-0.4, -0.2) is 21.9 Å². The highest BCUT2D eigenvalue weighted by Crippen LogP contribution is 2.55. The van der Waals surface area contributed by atoms with Crippen molar-refractivity contribution in [3.63, 3.8) is 0 Å². The summed E-state index contributed by atoms with van der Waals surface area (Å²) in [5.74, 6) is 2.93. The summed E-state index contributed by atoms with van der Waals surface area (Å²) in [6.45, 7) is 1.97. The Kier molecular flexibility index (Phi) is 4.34. The largest absolute Gasteiger partial charge is 0.350 e. The molecule has 1 aromatic rings. The number of rotatable bonds is 4. The predicted octanol–water partition coefficient (Wildman–Crippen LogP) is 5.11. The highest BCUT2D eigenvalue weighted by atomic mass is 32.2. The standard InChI is InChI=1S/C21H30N2O2S/c1-13-19(26-17-5-3-2-4-6-17)18(25-23-13)20(24)22-21-10-14-7-15(11-21)9-16(8-14)12-21/h14-17H,2-12H2,1H3,(H,22,24). The number of nitrogens with zero attached hydrogens (tertiary/aromatic N) is 1. The number of aryl methyl sites for hydroxylation is 1. The van der Waals surface area contributed by atoms with Crippen molar-refractivity contribution in [1.29, 1.82) is 0 Å². The summed E-state index contributed by atoms with van der Waals surface area (Å²) >= 11 is 1.83. The van der Waals surface area contributed by atoms with E-state index in [0.717, 1.165) is 28.3 Å². The molecule has 0 atom stereocenters. The molecule has 26 heavy (non-hydrogen) atoms. The molecule has 6 rings (SSSR count). The van der Waals surface area contributed by atoms with Crippen molar-refractivity contribution in [3.05, 3.63) is 11.5 Å². The van der Waals surface area contributed by atoms with Crippen LogP contribution in [0.4, 0.5) is 0 Å². The number of hydrogen-bond donors (Lipinski definition) is 1. The topological polar surface area (TPSA) is 55.1 Å². The summed E-state index contributed by atoms with van der Waals surface area (Å²) in [5.41, 5.74) is 0.899. The molecule has 1 N–H and O–H groups in total. The van der Waals surface area contributed by atoms with Gasteiger partial charge in [0.25, 0.3) is 5.91 Å². The van der Waals surface area contributed by atoms with E-state index in [1.54, 1.807) is 0 Å². The summed E-state index contributed by atoms with van der Waals surface area (Å²) in [6, 6.07) is 0. The fourth-order valence-corrected chi connectivity index (χ4v) is 7.90. The summed E-state index contributed by atoms with van der Waals surface area (Å²) < 4.78 is 5.53. The van der Waals surface area contributed by atoms with Crippen molar-refractivity contribution in [2.75, 3.05) is 0 Å². The van der Waals surface area contributed by atoms with Gasteiger partial charge in [-0.25, -0.2) is 0 Å². The van der Waals surface area contributed by atoms with E-state index in [1.165, 1.54) is 70.6 Å². The van der Waals surface area contributed by atoms with Crippen LogP contribution in [-0.2, 0) is 0 Å². The SMILES string of the molecule is Cc1noc(C(=O)NC23CC4CC(CC(C4)C2)C3)c1SC1CCCCC1. The van der Waals surface area contributed by atoms with Crippen molar-refractivity contribution in [1.82, 2.24) is 10.5 Å². The molecule has 1 heterocycles. The Balaban J connectivity index is 1.33. The van der Waals surface area contributed by atoms with Gasteiger partial charge in [0.1, 0.15) is 0 Å². The summed E-state index contributed by atoms with van der Waals surface area (Å²) in [4.78, 5) is 14.1. The lowest BCUT2D eigenvalue weighted by Crippen LogP contribution is -2.59. The van der Waals surface area contributed by atoms with Gasteiger partial charge in [0.05, 0.1) is 10.6 Å². The van der Waals surface area contributed by atoms with E-state index in [0.29, 0.717) is 11.0 Å². The quantitative estimate of drug-likeness (QED) is 0.796. The molecule has 0 aromatic carbocycles. The minimum absolute atomic E-state index is 0.0224. The fourth-order valence-electron chi connectivity index (χ4n) is 6.56. The lowest BCUT2D eigenvalue weighted by Gasteiger charge is -2.56. The number of thioether (sulfide) groups is 1.